The molecule has 0 saturated carbocycles. The zero-order valence-corrected chi connectivity index (χ0v) is 6.70. The van der Waals surface area contributed by atoms with Gasteiger partial charge in [0, 0.05) is 34.1 Å². The summed E-state index contributed by atoms with van der Waals surface area (Å²) in [6, 6.07) is 0. The van der Waals surface area contributed by atoms with E-state index in [0.29, 0.717) is 0 Å². The zero-order valence-electron chi connectivity index (χ0n) is 3.86. The molecule has 1 radical (unpaired) electrons. The molecule has 0 fully saturated rings. The van der Waals surface area contributed by atoms with Crippen molar-refractivity contribution in [2.24, 2.45) is 5.73 Å². The van der Waals surface area contributed by atoms with Gasteiger partial charge in [0.25, 0.3) is 0 Å². The second kappa shape index (κ2) is 19.6. The van der Waals surface area contributed by atoms with E-state index in [1.807, 2.05) is 6.92 Å². The molecule has 2 N–H and O–H groups in total. The van der Waals surface area contributed by atoms with E-state index in [1.165, 1.54) is 0 Å². The Bertz CT molecular complexity index is 10.8. The van der Waals surface area contributed by atoms with Gasteiger partial charge in [-0.05, 0) is 6.54 Å². The van der Waals surface area contributed by atoms with Crippen LogP contribution in [0.25, 0.3) is 0 Å². The van der Waals surface area contributed by atoms with Crippen LogP contribution in [-0.2, 0) is 32.7 Å². The normalized spacial score (nSPS) is 3.60. The van der Waals surface area contributed by atoms with Crippen LogP contribution in [-0.4, -0.2) is 6.54 Å². The van der Waals surface area contributed by atoms with Gasteiger partial charge in [0.1, 0.15) is 0 Å². The third kappa shape index (κ3) is 42.0. The summed E-state index contributed by atoms with van der Waals surface area (Å²) in [6.07, 6.45) is 0. The predicted octanol–water partition coefficient (Wildman–Crippen LogP) is 0.659. The molecule has 0 aromatic carbocycles. The van der Waals surface area contributed by atoms with Gasteiger partial charge < -0.3 is 13.2 Å². The largest absolute Gasteiger partial charge is 0.358 e. The molecule has 0 amide bonds. The second-order valence-corrected chi connectivity index (χ2v) is 0.408. The fourth-order valence-electron chi connectivity index (χ4n) is 0. The molecule has 2 heteroatoms. The summed E-state index contributed by atoms with van der Waals surface area (Å²) in [5.41, 5.74) is 4.85. The van der Waals surface area contributed by atoms with E-state index in [0.717, 1.165) is 6.54 Å². The first-order valence-electron chi connectivity index (χ1n) is 1.12. The molecule has 0 spiro atoms. The van der Waals surface area contributed by atoms with Crippen molar-refractivity contribution in [2.45, 2.75) is 6.92 Å². The van der Waals surface area contributed by atoms with E-state index in [1.54, 1.807) is 0 Å². The molecule has 0 bridgehead atoms. The molecular weight excluding hydrogens is 139 g/mol. The van der Waals surface area contributed by atoms with Crippen molar-refractivity contribution in [3.8, 4) is 0 Å². The van der Waals surface area contributed by atoms with Crippen LogP contribution in [0.3, 0.4) is 0 Å². The minimum absolute atomic E-state index is 0. The summed E-state index contributed by atoms with van der Waals surface area (Å²) < 4.78 is 0. The van der Waals surface area contributed by atoms with Gasteiger partial charge in [0.05, 0.1) is 0 Å². The number of hydrogen-bond acceptors (Lipinski definition) is 1. The second-order valence-electron chi connectivity index (χ2n) is 0.408. The third-order valence-corrected chi connectivity index (χ3v) is 0. The van der Waals surface area contributed by atoms with E-state index in [2.05, 4.69) is 0 Å². The minimum Gasteiger partial charge on any atom is -0.358 e. The van der Waals surface area contributed by atoms with Crippen LogP contribution >= 0.6 is 0 Å². The standard InChI is InChI=1S/C2H7N.CH3.Y.H2/c1-2-3;;;/h2-3H2,1H3;1H3;;1H/q;-1;;/i;;;1+2. The first-order valence-corrected chi connectivity index (χ1v) is 1.12. The van der Waals surface area contributed by atoms with Crippen LogP contribution in [0, 0.1) is 7.43 Å². The molecule has 0 aromatic heterocycles. The summed E-state index contributed by atoms with van der Waals surface area (Å²) in [5.74, 6) is 0. The Morgan fingerprint density at radius 2 is 1.80 bits per heavy atom. The van der Waals surface area contributed by atoms with Crippen molar-refractivity contribution in [3.63, 3.8) is 0 Å². The minimum atomic E-state index is 0. The van der Waals surface area contributed by atoms with Gasteiger partial charge in [-0.15, -0.1) is 0 Å². The monoisotopic (exact) mass is 153 g/mol. The average Bonchev–Trinajstić information content (AvgIpc) is 0.918. The van der Waals surface area contributed by atoms with Crippen molar-refractivity contribution in [1.29, 1.82) is 0 Å². The first kappa shape index (κ1) is 16.6. The molecule has 0 heterocycles. The van der Waals surface area contributed by atoms with Gasteiger partial charge in [-0.25, -0.2) is 0 Å². The third-order valence-electron chi connectivity index (χ3n) is 0. The van der Waals surface area contributed by atoms with Crippen LogP contribution in [0.15, 0.2) is 0 Å². The van der Waals surface area contributed by atoms with Gasteiger partial charge in [0.2, 0.25) is 0 Å². The van der Waals surface area contributed by atoms with Crippen LogP contribution in [0.1, 0.15) is 8.35 Å². The Morgan fingerprint density at radius 3 is 1.80 bits per heavy atom. The summed E-state index contributed by atoms with van der Waals surface area (Å²) in [5, 5.41) is 0. The van der Waals surface area contributed by atoms with Crippen LogP contribution in [0.4, 0.5) is 0 Å². The Hall–Kier alpha value is 1.06. The van der Waals surface area contributed by atoms with Crippen molar-refractivity contribution in [2.75, 3.05) is 6.54 Å². The molecule has 0 aliphatic rings. The molecule has 0 unspecified atom stereocenters. The van der Waals surface area contributed by atoms with Gasteiger partial charge in [-0.1, -0.05) is 6.92 Å². The van der Waals surface area contributed by atoms with Gasteiger partial charge in [-0.3, -0.25) is 0 Å². The Kier molecular flexibility index (Phi) is 65.0. The van der Waals surface area contributed by atoms with Crippen molar-refractivity contribution in [1.82, 2.24) is 0 Å². The summed E-state index contributed by atoms with van der Waals surface area (Å²) >= 11 is 0. The maximum atomic E-state index is 4.85. The van der Waals surface area contributed by atoms with E-state index in [9.17, 15) is 0 Å². The molecule has 5 heavy (non-hydrogen) atoms. The molecule has 33 valence electrons. The molecule has 0 aromatic rings. The summed E-state index contributed by atoms with van der Waals surface area (Å²) in [6.45, 7) is 2.65. The van der Waals surface area contributed by atoms with Gasteiger partial charge in [0.15, 0.2) is 0 Å². The molecule has 1 nitrogen and oxygen atoms in total. The molecule has 0 rings (SSSR count). The van der Waals surface area contributed by atoms with E-state index in [-0.39, 0.29) is 41.6 Å². The van der Waals surface area contributed by atoms with Crippen LogP contribution in [0.2, 0.25) is 0 Å². The smallest absolute Gasteiger partial charge is 0 e. The van der Waals surface area contributed by atoms with Crippen molar-refractivity contribution in [3.05, 3.63) is 7.43 Å². The SMILES string of the molecule is CCN.[3HH].[CH3-].[Y]. The number of hydrogen-bond donors (Lipinski definition) is 1. The number of rotatable bonds is 0. The van der Waals surface area contributed by atoms with E-state index < -0.39 is 0 Å². The average molecular weight is 153 g/mol. The molecule has 0 aliphatic carbocycles. The molecule has 0 aliphatic heterocycles. The Morgan fingerprint density at radius 1 is 1.80 bits per heavy atom. The van der Waals surface area contributed by atoms with Crippen molar-refractivity contribution >= 4 is 0 Å². The predicted molar refractivity (Wildman–Crippen MR) is 23.3 cm³/mol. The maximum absolute atomic E-state index is 4.85. The van der Waals surface area contributed by atoms with Crippen molar-refractivity contribution < 1.29 is 34.1 Å². The first-order chi connectivity index (χ1) is 1.41. The quantitative estimate of drug-likeness (QED) is 0.508. The Labute approximate surface area is 60.7 Å². The number of nitrogens with two attached hydrogens (primary N) is 1. The molecular formula is C3H12NY-. The molecule has 0 atom stereocenters. The van der Waals surface area contributed by atoms with Gasteiger partial charge >= 0.3 is 0 Å². The summed E-state index contributed by atoms with van der Waals surface area (Å²) in [4.78, 5) is 0. The maximum Gasteiger partial charge on any atom is 0 e. The summed E-state index contributed by atoms with van der Waals surface area (Å²) in [7, 11) is 0. The van der Waals surface area contributed by atoms with E-state index >= 15 is 0 Å². The van der Waals surface area contributed by atoms with Crippen LogP contribution < -0.4 is 5.73 Å². The van der Waals surface area contributed by atoms with E-state index in [4.69, 9.17) is 5.73 Å². The Balaban J connectivity index is -0.00000000667. The van der Waals surface area contributed by atoms with Gasteiger partial charge in [-0.2, -0.15) is 0 Å². The zero-order chi connectivity index (χ0) is 2.71. The topological polar surface area (TPSA) is 26.0 Å². The van der Waals surface area contributed by atoms with Crippen LogP contribution in [0.5, 0.6) is 0 Å². The fraction of sp³-hybridized carbons (Fsp3) is 0.667. The fourth-order valence-corrected chi connectivity index (χ4v) is 0. The molecule has 0 saturated heterocycles.